The Morgan fingerprint density at radius 3 is 1.41 bits per heavy atom. The van der Waals surface area contributed by atoms with Crippen molar-refractivity contribution in [1.82, 2.24) is 0 Å². The van der Waals surface area contributed by atoms with Crippen LogP contribution in [0.1, 0.15) is 90.9 Å². The molecule has 0 bridgehead atoms. The second-order valence-electron chi connectivity index (χ2n) is 5.72. The molecule has 0 atom stereocenters. The highest BCUT2D eigenvalue weighted by molar-refractivity contribution is 7.48. The maximum atomic E-state index is 12.4. The topological polar surface area (TPSA) is 44.8 Å². The van der Waals surface area contributed by atoms with E-state index < -0.39 is 7.82 Å². The van der Waals surface area contributed by atoms with Gasteiger partial charge < -0.3 is 0 Å². The monoisotopic (exact) mass is 340 g/mol. The molecule has 0 aliphatic rings. The Labute approximate surface area is 135 Å². The molecule has 6 heteroatoms. The SMILES string of the molecule is CCCCCCCCOP(=O)(OF)OCCCCCCCC. The summed E-state index contributed by atoms with van der Waals surface area (Å²) in [6.07, 6.45) is 13.0. The molecule has 0 aromatic carbocycles. The van der Waals surface area contributed by atoms with E-state index >= 15 is 0 Å². The van der Waals surface area contributed by atoms with Gasteiger partial charge in [-0.1, -0.05) is 82.8 Å². The van der Waals surface area contributed by atoms with Crippen molar-refractivity contribution in [3.05, 3.63) is 0 Å². The fraction of sp³-hybridized carbons (Fsp3) is 1.00. The van der Waals surface area contributed by atoms with Crippen LogP contribution < -0.4 is 0 Å². The molecular weight excluding hydrogens is 306 g/mol. The van der Waals surface area contributed by atoms with Crippen molar-refractivity contribution in [2.45, 2.75) is 90.9 Å². The molecule has 0 heterocycles. The van der Waals surface area contributed by atoms with Crippen molar-refractivity contribution in [2.75, 3.05) is 13.2 Å². The van der Waals surface area contributed by atoms with Gasteiger partial charge in [0.2, 0.25) is 0 Å². The van der Waals surface area contributed by atoms with Gasteiger partial charge >= 0.3 is 7.82 Å². The van der Waals surface area contributed by atoms with E-state index in [9.17, 15) is 9.09 Å². The van der Waals surface area contributed by atoms with Gasteiger partial charge in [-0.3, -0.25) is 9.05 Å². The molecule has 22 heavy (non-hydrogen) atoms. The average molecular weight is 340 g/mol. The van der Waals surface area contributed by atoms with Crippen molar-refractivity contribution < 1.29 is 22.9 Å². The molecule has 0 amide bonds. The molecule has 0 spiro atoms. The van der Waals surface area contributed by atoms with Crippen LogP contribution in [0, 0.1) is 0 Å². The molecule has 0 aliphatic heterocycles. The zero-order valence-corrected chi connectivity index (χ0v) is 15.3. The lowest BCUT2D eigenvalue weighted by Gasteiger charge is -2.13. The summed E-state index contributed by atoms with van der Waals surface area (Å²) < 4.78 is 37.6. The van der Waals surface area contributed by atoms with Crippen molar-refractivity contribution in [3.63, 3.8) is 0 Å². The van der Waals surface area contributed by atoms with Gasteiger partial charge in [-0.2, -0.15) is 0 Å². The van der Waals surface area contributed by atoms with Crippen molar-refractivity contribution in [3.8, 4) is 0 Å². The Bertz CT molecular complexity index is 255. The molecule has 0 fully saturated rings. The van der Waals surface area contributed by atoms with Crippen LogP contribution in [0.5, 0.6) is 0 Å². The maximum Gasteiger partial charge on any atom is 0.506 e. The van der Waals surface area contributed by atoms with Gasteiger partial charge in [-0.15, -0.1) is 0 Å². The fourth-order valence-electron chi connectivity index (χ4n) is 2.19. The first-order valence-corrected chi connectivity index (χ1v) is 10.3. The van der Waals surface area contributed by atoms with Gasteiger partial charge in [0.05, 0.1) is 13.2 Å². The smallest absolute Gasteiger partial charge is 0.285 e. The average Bonchev–Trinajstić information content (AvgIpc) is 2.53. The fourth-order valence-corrected chi connectivity index (χ4v) is 3.05. The van der Waals surface area contributed by atoms with Crippen LogP contribution in [0.2, 0.25) is 0 Å². The van der Waals surface area contributed by atoms with Crippen LogP contribution in [-0.4, -0.2) is 13.2 Å². The summed E-state index contributed by atoms with van der Waals surface area (Å²) in [4.78, 5) is 0. The number of unbranched alkanes of at least 4 members (excludes halogenated alkanes) is 10. The van der Waals surface area contributed by atoms with Gasteiger partial charge in [-0.05, 0) is 17.4 Å². The van der Waals surface area contributed by atoms with E-state index in [2.05, 4.69) is 18.6 Å². The zero-order valence-electron chi connectivity index (χ0n) is 14.4. The number of phosphoric acid groups is 1. The third kappa shape index (κ3) is 13.7. The number of phosphoric ester groups is 1. The summed E-state index contributed by atoms with van der Waals surface area (Å²) in [6.45, 7) is 4.76. The largest absolute Gasteiger partial charge is 0.506 e. The van der Waals surface area contributed by atoms with Crippen molar-refractivity contribution >= 4 is 7.82 Å². The Balaban J connectivity index is 3.57. The van der Waals surface area contributed by atoms with E-state index in [1.165, 1.54) is 38.5 Å². The first-order chi connectivity index (χ1) is 10.7. The lowest BCUT2D eigenvalue weighted by Crippen LogP contribution is -2.00. The van der Waals surface area contributed by atoms with E-state index in [0.717, 1.165) is 38.5 Å². The van der Waals surface area contributed by atoms with Crippen LogP contribution >= 0.6 is 7.82 Å². The number of hydrogen-bond donors (Lipinski definition) is 0. The summed E-state index contributed by atoms with van der Waals surface area (Å²) in [5.74, 6) is 0. The Morgan fingerprint density at radius 2 is 1.05 bits per heavy atom. The Morgan fingerprint density at radius 1 is 0.682 bits per heavy atom. The highest BCUT2D eigenvalue weighted by Gasteiger charge is 2.27. The first kappa shape index (κ1) is 22.0. The minimum Gasteiger partial charge on any atom is -0.285 e. The third-order valence-corrected chi connectivity index (χ3v) is 4.75. The molecule has 0 unspecified atom stereocenters. The molecule has 0 aromatic rings. The Hall–Kier alpha value is 0.0400. The van der Waals surface area contributed by atoms with Crippen LogP contribution in [0.25, 0.3) is 0 Å². The summed E-state index contributed by atoms with van der Waals surface area (Å²) >= 11 is 0. The minimum absolute atomic E-state index is 0.212. The van der Waals surface area contributed by atoms with Gasteiger partial charge in [0.1, 0.15) is 0 Å². The molecule has 0 N–H and O–H groups in total. The quantitative estimate of drug-likeness (QED) is 0.217. The van der Waals surface area contributed by atoms with Crippen molar-refractivity contribution in [1.29, 1.82) is 0 Å². The second-order valence-corrected chi connectivity index (χ2v) is 7.27. The molecule has 4 nitrogen and oxygen atoms in total. The normalized spacial score (nSPS) is 12.0. The van der Waals surface area contributed by atoms with E-state index in [4.69, 9.17) is 9.05 Å². The van der Waals surface area contributed by atoms with E-state index in [0.29, 0.717) is 0 Å². The lowest BCUT2D eigenvalue weighted by atomic mass is 10.1. The minimum atomic E-state index is -3.99. The van der Waals surface area contributed by atoms with Crippen LogP contribution in [-0.2, 0) is 18.3 Å². The summed E-state index contributed by atoms with van der Waals surface area (Å²) in [7, 11) is -3.99. The first-order valence-electron chi connectivity index (χ1n) is 8.88. The standard InChI is InChI=1S/C16H34FO4P/c1-3-5-7-9-11-13-15-19-22(18,21-17)20-16-14-12-10-8-6-4-2/h3-16H2,1-2H3. The highest BCUT2D eigenvalue weighted by atomic mass is 31.2. The molecule has 0 radical (unpaired) electrons. The number of halogens is 1. The predicted molar refractivity (Wildman–Crippen MR) is 88.5 cm³/mol. The second kappa shape index (κ2) is 15.9. The summed E-state index contributed by atoms with van der Waals surface area (Å²) in [6, 6.07) is 0. The molecule has 0 rings (SSSR count). The Kier molecular flexibility index (Phi) is 15.9. The van der Waals surface area contributed by atoms with Crippen LogP contribution in [0.3, 0.4) is 0 Å². The van der Waals surface area contributed by atoms with Gasteiger partial charge in [-0.25, -0.2) is 4.57 Å². The number of hydrogen-bond acceptors (Lipinski definition) is 4. The summed E-state index contributed by atoms with van der Waals surface area (Å²) in [5.41, 5.74) is 0. The zero-order chi connectivity index (χ0) is 16.5. The van der Waals surface area contributed by atoms with Crippen LogP contribution in [0.15, 0.2) is 0 Å². The van der Waals surface area contributed by atoms with E-state index in [1.807, 2.05) is 0 Å². The van der Waals surface area contributed by atoms with Crippen molar-refractivity contribution in [2.24, 2.45) is 0 Å². The lowest BCUT2D eigenvalue weighted by molar-refractivity contribution is -0.0574. The molecule has 0 aromatic heterocycles. The third-order valence-electron chi connectivity index (χ3n) is 3.58. The maximum absolute atomic E-state index is 12.4. The molecule has 134 valence electrons. The number of rotatable bonds is 17. The van der Waals surface area contributed by atoms with Gasteiger partial charge in [0.15, 0.2) is 0 Å². The van der Waals surface area contributed by atoms with Gasteiger partial charge in [0, 0.05) is 0 Å². The predicted octanol–water partition coefficient (Wildman–Crippen LogP) is 6.75. The highest BCUT2D eigenvalue weighted by Crippen LogP contribution is 2.50. The van der Waals surface area contributed by atoms with E-state index in [-0.39, 0.29) is 13.2 Å². The van der Waals surface area contributed by atoms with E-state index in [1.54, 1.807) is 0 Å². The van der Waals surface area contributed by atoms with Crippen LogP contribution in [0.4, 0.5) is 4.53 Å². The van der Waals surface area contributed by atoms with Gasteiger partial charge in [0.25, 0.3) is 0 Å². The summed E-state index contributed by atoms with van der Waals surface area (Å²) in [5, 5.41) is 0. The molecular formula is C16H34FO4P. The molecule has 0 saturated carbocycles. The molecule has 0 saturated heterocycles. The molecule has 0 aliphatic carbocycles.